The number of primary amides is 1. The van der Waals surface area contributed by atoms with Gasteiger partial charge in [-0.3, -0.25) is 4.99 Å². The lowest BCUT2D eigenvalue weighted by molar-refractivity contribution is 0.249. The summed E-state index contributed by atoms with van der Waals surface area (Å²) in [5.41, 5.74) is 4.89. The highest BCUT2D eigenvalue weighted by Crippen LogP contribution is 1.90. The van der Waals surface area contributed by atoms with E-state index >= 15 is 0 Å². The largest absolute Gasteiger partial charge is 0.355 e. The summed E-state index contributed by atoms with van der Waals surface area (Å²) in [7, 11) is 0. The average Bonchev–Trinajstić information content (AvgIpc) is 2.45. The van der Waals surface area contributed by atoms with Crippen molar-refractivity contribution in [1.29, 1.82) is 0 Å². The molecule has 0 aromatic carbocycles. The highest BCUT2D eigenvalue weighted by atomic mass is 16.2. The number of carbonyl (C=O) groups is 1. The Morgan fingerprint density at radius 2 is 2.54 bits per heavy atom. The van der Waals surface area contributed by atoms with Gasteiger partial charge in [-0.25, -0.2) is 4.79 Å². The van der Waals surface area contributed by atoms with E-state index in [2.05, 4.69) is 27.9 Å². The smallest absolute Gasteiger partial charge is 0.312 e. The third-order valence-electron chi connectivity index (χ3n) is 1.62. The van der Waals surface area contributed by atoms with Gasteiger partial charge in [0.05, 0.1) is 6.54 Å². The number of nitrogens with zero attached hydrogens (tertiary/aromatic N) is 1. The molecule has 0 radical (unpaired) electrons. The molecule has 0 aromatic heterocycles. The molecule has 0 saturated heterocycles. The van der Waals surface area contributed by atoms with Gasteiger partial charge in [-0.05, 0) is 6.92 Å². The second-order valence-electron chi connectivity index (χ2n) is 2.95. The Hall–Kier alpha value is -1.46. The Bertz CT molecular complexity index is 215. The van der Waals surface area contributed by atoms with E-state index in [1.54, 1.807) is 0 Å². The number of hydrogen-bond donors (Lipinski definition) is 4. The van der Waals surface area contributed by atoms with Gasteiger partial charge in [0.25, 0.3) is 0 Å². The second-order valence-corrected chi connectivity index (χ2v) is 2.95. The zero-order chi connectivity index (χ0) is 9.68. The van der Waals surface area contributed by atoms with Gasteiger partial charge in [-0.1, -0.05) is 0 Å². The minimum Gasteiger partial charge on any atom is -0.355 e. The van der Waals surface area contributed by atoms with Crippen molar-refractivity contribution in [2.24, 2.45) is 10.7 Å². The quantitative estimate of drug-likeness (QED) is 0.407. The van der Waals surface area contributed by atoms with Crippen LogP contribution >= 0.6 is 0 Å². The number of carbonyl (C=O) groups excluding carboxylic acids is 1. The summed E-state index contributed by atoms with van der Waals surface area (Å²) < 4.78 is 0. The highest BCUT2D eigenvalue weighted by molar-refractivity contribution is 5.81. The van der Waals surface area contributed by atoms with Crippen LogP contribution in [0.15, 0.2) is 4.99 Å². The molecule has 0 aliphatic carbocycles. The number of urea groups is 1. The van der Waals surface area contributed by atoms with Crippen LogP contribution in [0.4, 0.5) is 4.79 Å². The molecule has 0 bridgehead atoms. The molecule has 0 saturated carbocycles. The predicted octanol–water partition coefficient (Wildman–Crippen LogP) is -1.41. The minimum absolute atomic E-state index is 0.395. The van der Waals surface area contributed by atoms with Crippen molar-refractivity contribution in [1.82, 2.24) is 16.0 Å². The topological polar surface area (TPSA) is 91.5 Å². The first-order valence-corrected chi connectivity index (χ1v) is 4.26. The minimum atomic E-state index is -0.503. The molecule has 0 fully saturated rings. The Morgan fingerprint density at radius 3 is 3.08 bits per heavy atom. The van der Waals surface area contributed by atoms with Crippen LogP contribution < -0.4 is 21.7 Å². The molecule has 1 aliphatic heterocycles. The fourth-order valence-corrected chi connectivity index (χ4v) is 1.03. The molecular weight excluding hydrogens is 170 g/mol. The van der Waals surface area contributed by atoms with Gasteiger partial charge < -0.3 is 21.7 Å². The molecule has 6 nitrogen and oxygen atoms in total. The fraction of sp³-hybridized carbons (Fsp3) is 0.714. The lowest BCUT2D eigenvalue weighted by Gasteiger charge is -2.08. The van der Waals surface area contributed by atoms with E-state index < -0.39 is 6.03 Å². The maximum atomic E-state index is 10.3. The van der Waals surface area contributed by atoms with Gasteiger partial charge in [0.1, 0.15) is 0 Å². The molecular formula is C7H15N5O. The number of nitrogens with one attached hydrogen (secondary N) is 3. The Labute approximate surface area is 77.0 Å². The maximum Gasteiger partial charge on any atom is 0.312 e. The summed E-state index contributed by atoms with van der Waals surface area (Å²) in [6.07, 6.45) is 0. The Morgan fingerprint density at radius 1 is 1.77 bits per heavy atom. The van der Waals surface area contributed by atoms with Crippen molar-refractivity contribution < 1.29 is 4.79 Å². The first-order valence-electron chi connectivity index (χ1n) is 4.26. The second kappa shape index (κ2) is 4.54. The molecule has 74 valence electrons. The first kappa shape index (κ1) is 9.63. The zero-order valence-corrected chi connectivity index (χ0v) is 7.63. The molecule has 13 heavy (non-hydrogen) atoms. The van der Waals surface area contributed by atoms with E-state index in [0.717, 1.165) is 12.5 Å². The van der Waals surface area contributed by atoms with Gasteiger partial charge >= 0.3 is 6.03 Å². The van der Waals surface area contributed by atoms with Crippen LogP contribution in [0, 0.1) is 0 Å². The van der Waals surface area contributed by atoms with Gasteiger partial charge in [0.2, 0.25) is 0 Å². The molecule has 1 aliphatic rings. The summed E-state index contributed by atoms with van der Waals surface area (Å²) >= 11 is 0. The Balaban J connectivity index is 2.03. The summed E-state index contributed by atoms with van der Waals surface area (Å²) in [5.74, 6) is 0.791. The molecule has 1 unspecified atom stereocenters. The Kier molecular flexibility index (Phi) is 3.36. The van der Waals surface area contributed by atoms with Gasteiger partial charge in [0.15, 0.2) is 5.96 Å². The SMILES string of the molecule is CC1CN=C(NCCNC(N)=O)N1. The van der Waals surface area contributed by atoms with Crippen LogP contribution in [0.3, 0.4) is 0 Å². The molecule has 6 heteroatoms. The van der Waals surface area contributed by atoms with Crippen molar-refractivity contribution in [2.75, 3.05) is 19.6 Å². The molecule has 2 amide bonds. The summed E-state index contributed by atoms with van der Waals surface area (Å²) in [4.78, 5) is 14.5. The van der Waals surface area contributed by atoms with E-state index in [1.165, 1.54) is 0 Å². The van der Waals surface area contributed by atoms with E-state index in [9.17, 15) is 4.79 Å². The van der Waals surface area contributed by atoms with E-state index in [1.807, 2.05) is 0 Å². The number of rotatable bonds is 3. The van der Waals surface area contributed by atoms with Crippen molar-refractivity contribution >= 4 is 12.0 Å². The third kappa shape index (κ3) is 3.64. The standard InChI is InChI=1S/C7H15N5O/c1-5-4-11-7(12-5)10-3-2-9-6(8)13/h5H,2-4H2,1H3,(H3,8,9,13)(H2,10,11,12). The predicted molar refractivity (Wildman–Crippen MR) is 50.5 cm³/mol. The highest BCUT2D eigenvalue weighted by Gasteiger charge is 2.10. The monoisotopic (exact) mass is 185 g/mol. The van der Waals surface area contributed by atoms with Gasteiger partial charge in [-0.2, -0.15) is 0 Å². The van der Waals surface area contributed by atoms with Crippen LogP contribution in [0.1, 0.15) is 6.92 Å². The van der Waals surface area contributed by atoms with Gasteiger partial charge in [-0.15, -0.1) is 0 Å². The van der Waals surface area contributed by atoms with Crippen molar-refractivity contribution in [3.63, 3.8) is 0 Å². The summed E-state index contributed by atoms with van der Waals surface area (Å²) in [6, 6.07) is -0.108. The third-order valence-corrected chi connectivity index (χ3v) is 1.62. The van der Waals surface area contributed by atoms with Crippen LogP contribution in [-0.4, -0.2) is 37.7 Å². The molecule has 1 heterocycles. The summed E-state index contributed by atoms with van der Waals surface area (Å²) in [6.45, 7) is 3.98. The molecule has 1 rings (SSSR count). The molecule has 0 aromatic rings. The first-order chi connectivity index (χ1) is 6.18. The fourth-order valence-electron chi connectivity index (χ4n) is 1.03. The normalized spacial score (nSPS) is 20.4. The number of aliphatic imine (C=N–C) groups is 1. The molecule has 1 atom stereocenters. The lowest BCUT2D eigenvalue weighted by atomic mass is 10.4. The van der Waals surface area contributed by atoms with E-state index in [0.29, 0.717) is 19.1 Å². The van der Waals surface area contributed by atoms with Crippen LogP contribution in [0.25, 0.3) is 0 Å². The van der Waals surface area contributed by atoms with E-state index in [-0.39, 0.29) is 0 Å². The molecule has 5 N–H and O–H groups in total. The van der Waals surface area contributed by atoms with Crippen molar-refractivity contribution in [2.45, 2.75) is 13.0 Å². The number of nitrogens with two attached hydrogens (primary N) is 1. The lowest BCUT2D eigenvalue weighted by Crippen LogP contribution is -2.42. The molecule has 0 spiro atoms. The van der Waals surface area contributed by atoms with Crippen LogP contribution in [0.5, 0.6) is 0 Å². The van der Waals surface area contributed by atoms with Crippen molar-refractivity contribution in [3.8, 4) is 0 Å². The van der Waals surface area contributed by atoms with E-state index in [4.69, 9.17) is 5.73 Å². The number of guanidine groups is 1. The number of hydrogen-bond acceptors (Lipinski definition) is 4. The van der Waals surface area contributed by atoms with Crippen molar-refractivity contribution in [3.05, 3.63) is 0 Å². The number of amides is 2. The zero-order valence-electron chi connectivity index (χ0n) is 7.63. The average molecular weight is 185 g/mol. The van der Waals surface area contributed by atoms with Crippen LogP contribution in [0.2, 0.25) is 0 Å². The van der Waals surface area contributed by atoms with Crippen LogP contribution in [-0.2, 0) is 0 Å². The summed E-state index contributed by atoms with van der Waals surface area (Å²) in [5, 5.41) is 8.65. The maximum absolute atomic E-state index is 10.3. The van der Waals surface area contributed by atoms with Gasteiger partial charge in [0, 0.05) is 19.1 Å².